The summed E-state index contributed by atoms with van der Waals surface area (Å²) in [5, 5.41) is 5.80. The van der Waals surface area contributed by atoms with Gasteiger partial charge in [0.05, 0.1) is 18.5 Å². The number of carbonyl (C=O) groups excluding carboxylic acids is 2. The van der Waals surface area contributed by atoms with Gasteiger partial charge in [-0.25, -0.2) is 4.79 Å². The van der Waals surface area contributed by atoms with Crippen molar-refractivity contribution in [2.45, 2.75) is 30.5 Å². The number of fused-ring (bicyclic) bond motifs is 1. The molecule has 1 aromatic rings. The van der Waals surface area contributed by atoms with E-state index in [1.165, 1.54) is 0 Å². The maximum Gasteiger partial charge on any atom is 0.315 e. The molecule has 0 aromatic carbocycles. The third-order valence-electron chi connectivity index (χ3n) is 3.35. The van der Waals surface area contributed by atoms with Gasteiger partial charge in [0, 0.05) is 23.4 Å². The van der Waals surface area contributed by atoms with Gasteiger partial charge in [-0.05, 0) is 12.1 Å². The maximum atomic E-state index is 11.8. The van der Waals surface area contributed by atoms with Crippen LogP contribution in [0.4, 0.5) is 4.79 Å². The Bertz CT molecular complexity index is 477. The van der Waals surface area contributed by atoms with Gasteiger partial charge >= 0.3 is 12.0 Å². The molecule has 7 heteroatoms. The summed E-state index contributed by atoms with van der Waals surface area (Å²) in [6.45, 7) is 0.238. The number of nitrogens with zero attached hydrogens (tertiary/aromatic N) is 1. The summed E-state index contributed by atoms with van der Waals surface area (Å²) in [6.07, 6.45) is 4.01. The third kappa shape index (κ3) is 2.70. The fraction of sp³-hybridized carbons (Fsp3) is 0.500. The molecule has 6 nitrogen and oxygen atoms in total. The molecule has 2 aliphatic heterocycles. The Kier molecular flexibility index (Phi) is 3.37. The lowest BCUT2D eigenvalue weighted by Gasteiger charge is -2.15. The standard InChI is InChI=1S/C12H15N3O3S/c16-10(18-7-15-3-1-2-4-15)5-9-11-8(6-19-9)13-12(17)14-11/h1-4,8-9,11H,5-7H2,(H2,13,14,17). The number of ether oxygens (including phenoxy) is 1. The topological polar surface area (TPSA) is 72.4 Å². The number of aromatic nitrogens is 1. The van der Waals surface area contributed by atoms with Crippen molar-refractivity contribution in [1.82, 2.24) is 15.2 Å². The average molecular weight is 281 g/mol. The summed E-state index contributed by atoms with van der Waals surface area (Å²) in [5.74, 6) is 0.617. The fourth-order valence-electron chi connectivity index (χ4n) is 2.39. The van der Waals surface area contributed by atoms with E-state index in [2.05, 4.69) is 10.6 Å². The largest absolute Gasteiger partial charge is 0.444 e. The average Bonchev–Trinajstić information content (AvgIpc) is 3.06. The first kappa shape index (κ1) is 12.4. The van der Waals surface area contributed by atoms with Gasteiger partial charge < -0.3 is 19.9 Å². The van der Waals surface area contributed by atoms with Gasteiger partial charge in [-0.1, -0.05) is 0 Å². The van der Waals surface area contributed by atoms with Gasteiger partial charge in [0.1, 0.15) is 0 Å². The molecule has 2 saturated heterocycles. The van der Waals surface area contributed by atoms with Gasteiger partial charge in [0.25, 0.3) is 0 Å². The summed E-state index contributed by atoms with van der Waals surface area (Å²) in [7, 11) is 0. The number of amides is 2. The smallest absolute Gasteiger partial charge is 0.315 e. The molecular formula is C12H15N3O3S. The summed E-state index contributed by atoms with van der Waals surface area (Å²) in [5.41, 5.74) is 0. The highest BCUT2D eigenvalue weighted by molar-refractivity contribution is 8.00. The summed E-state index contributed by atoms with van der Waals surface area (Å²) in [6, 6.07) is 3.80. The minimum absolute atomic E-state index is 0.0385. The molecule has 3 atom stereocenters. The van der Waals surface area contributed by atoms with Crippen molar-refractivity contribution in [2.24, 2.45) is 0 Å². The Morgan fingerprint density at radius 1 is 1.42 bits per heavy atom. The molecule has 3 rings (SSSR count). The lowest BCUT2D eigenvalue weighted by molar-refractivity contribution is -0.147. The van der Waals surface area contributed by atoms with Gasteiger partial charge in [-0.15, -0.1) is 0 Å². The SMILES string of the molecule is O=C1NC2CSC(CC(=O)OCn3cccc3)C2N1. The van der Waals surface area contributed by atoms with Crippen LogP contribution < -0.4 is 10.6 Å². The lowest BCUT2D eigenvalue weighted by Crippen LogP contribution is -2.38. The lowest BCUT2D eigenvalue weighted by atomic mass is 10.1. The van der Waals surface area contributed by atoms with Crippen LogP contribution in [0.2, 0.25) is 0 Å². The minimum atomic E-state index is -0.229. The fourth-order valence-corrected chi connectivity index (χ4v) is 3.86. The van der Waals surface area contributed by atoms with Crippen LogP contribution >= 0.6 is 11.8 Å². The number of carbonyl (C=O) groups is 2. The molecule has 1 aromatic heterocycles. The molecule has 2 amide bonds. The predicted octanol–water partition coefficient (Wildman–Crippen LogP) is 0.544. The zero-order valence-corrected chi connectivity index (χ0v) is 11.1. The zero-order valence-electron chi connectivity index (χ0n) is 10.2. The van der Waals surface area contributed by atoms with Gasteiger partial charge in [-0.2, -0.15) is 11.8 Å². The van der Waals surface area contributed by atoms with E-state index in [1.807, 2.05) is 24.5 Å². The van der Waals surface area contributed by atoms with E-state index in [0.29, 0.717) is 6.42 Å². The van der Waals surface area contributed by atoms with Gasteiger partial charge in [-0.3, -0.25) is 4.79 Å². The number of rotatable bonds is 4. The molecule has 0 saturated carbocycles. The second-order valence-corrected chi connectivity index (χ2v) is 5.94. The van der Waals surface area contributed by atoms with E-state index in [0.717, 1.165) is 5.75 Å². The number of hydrogen-bond acceptors (Lipinski definition) is 4. The van der Waals surface area contributed by atoms with Crippen LogP contribution in [-0.2, 0) is 16.3 Å². The van der Waals surface area contributed by atoms with E-state index >= 15 is 0 Å². The van der Waals surface area contributed by atoms with Crippen LogP contribution in [0.3, 0.4) is 0 Å². The second kappa shape index (κ2) is 5.16. The molecule has 2 fully saturated rings. The molecule has 0 radical (unpaired) electrons. The van der Waals surface area contributed by atoms with Crippen molar-refractivity contribution in [2.75, 3.05) is 5.75 Å². The monoisotopic (exact) mass is 281 g/mol. The minimum Gasteiger partial charge on any atom is -0.444 e. The molecule has 2 aliphatic rings. The molecule has 102 valence electrons. The van der Waals surface area contributed by atoms with E-state index in [1.54, 1.807) is 16.3 Å². The first-order chi connectivity index (χ1) is 9.22. The highest BCUT2D eigenvalue weighted by atomic mass is 32.2. The van der Waals surface area contributed by atoms with Crippen LogP contribution in [0.5, 0.6) is 0 Å². The van der Waals surface area contributed by atoms with Crippen LogP contribution in [0.15, 0.2) is 24.5 Å². The molecular weight excluding hydrogens is 266 g/mol. The van der Waals surface area contributed by atoms with Crippen molar-refractivity contribution in [3.63, 3.8) is 0 Å². The molecule has 3 unspecified atom stereocenters. The van der Waals surface area contributed by atoms with Crippen LogP contribution in [0.1, 0.15) is 6.42 Å². The number of nitrogens with one attached hydrogen (secondary N) is 2. The Balaban J connectivity index is 1.48. The molecule has 3 heterocycles. The summed E-state index contributed by atoms with van der Waals surface area (Å²) in [4.78, 5) is 23.0. The Morgan fingerprint density at radius 3 is 3.00 bits per heavy atom. The van der Waals surface area contributed by atoms with Crippen molar-refractivity contribution < 1.29 is 14.3 Å². The predicted molar refractivity (Wildman–Crippen MR) is 70.6 cm³/mol. The van der Waals surface area contributed by atoms with Crippen LogP contribution in [-0.4, -0.2) is 39.7 Å². The molecule has 0 spiro atoms. The summed E-state index contributed by atoms with van der Waals surface area (Å²) >= 11 is 1.70. The van der Waals surface area contributed by atoms with Crippen LogP contribution in [0.25, 0.3) is 0 Å². The maximum absolute atomic E-state index is 11.8. The molecule has 19 heavy (non-hydrogen) atoms. The van der Waals surface area contributed by atoms with Crippen molar-refractivity contribution in [3.05, 3.63) is 24.5 Å². The van der Waals surface area contributed by atoms with E-state index in [4.69, 9.17) is 4.74 Å². The van der Waals surface area contributed by atoms with Gasteiger partial charge in [0.2, 0.25) is 0 Å². The number of urea groups is 1. The van der Waals surface area contributed by atoms with E-state index in [-0.39, 0.29) is 36.1 Å². The van der Waals surface area contributed by atoms with Crippen LogP contribution in [0, 0.1) is 0 Å². The summed E-state index contributed by atoms with van der Waals surface area (Å²) < 4.78 is 6.99. The highest BCUT2D eigenvalue weighted by Gasteiger charge is 2.43. The Morgan fingerprint density at radius 2 is 2.21 bits per heavy atom. The Hall–Kier alpha value is -1.63. The highest BCUT2D eigenvalue weighted by Crippen LogP contribution is 2.32. The molecule has 0 aliphatic carbocycles. The first-order valence-electron chi connectivity index (χ1n) is 6.17. The molecule has 2 N–H and O–H groups in total. The number of hydrogen-bond donors (Lipinski definition) is 2. The number of esters is 1. The van der Waals surface area contributed by atoms with E-state index in [9.17, 15) is 9.59 Å². The first-order valence-corrected chi connectivity index (χ1v) is 7.22. The normalized spacial score (nSPS) is 28.6. The van der Waals surface area contributed by atoms with Gasteiger partial charge in [0.15, 0.2) is 6.73 Å². The van der Waals surface area contributed by atoms with Crippen molar-refractivity contribution in [1.29, 1.82) is 0 Å². The number of thioether (sulfide) groups is 1. The second-order valence-electron chi connectivity index (χ2n) is 4.67. The zero-order chi connectivity index (χ0) is 13.2. The van der Waals surface area contributed by atoms with Crippen molar-refractivity contribution in [3.8, 4) is 0 Å². The Labute approximate surface area is 114 Å². The van der Waals surface area contributed by atoms with E-state index < -0.39 is 0 Å². The van der Waals surface area contributed by atoms with Crippen molar-refractivity contribution >= 4 is 23.8 Å². The quantitative estimate of drug-likeness (QED) is 0.624. The third-order valence-corrected chi connectivity index (χ3v) is 4.79. The molecule has 0 bridgehead atoms.